The Morgan fingerprint density at radius 2 is 1.85 bits per heavy atom. The first-order valence-electron chi connectivity index (χ1n) is 10.5. The molecule has 7 nitrogen and oxygen atoms in total. The summed E-state index contributed by atoms with van der Waals surface area (Å²) in [6.45, 7) is 0.155. The molecule has 1 aromatic heterocycles. The second kappa shape index (κ2) is 7.60. The average molecular weight is 458 g/mol. The van der Waals surface area contributed by atoms with Gasteiger partial charge < -0.3 is 19.7 Å². The van der Waals surface area contributed by atoms with Gasteiger partial charge in [-0.25, -0.2) is 4.98 Å². The van der Waals surface area contributed by atoms with E-state index in [0.717, 1.165) is 15.8 Å². The van der Waals surface area contributed by atoms with Crippen LogP contribution in [0.2, 0.25) is 0 Å². The molecule has 4 aromatic rings. The van der Waals surface area contributed by atoms with Crippen LogP contribution in [0.15, 0.2) is 66.7 Å². The fourth-order valence-electron chi connectivity index (χ4n) is 4.58. The molecule has 0 aliphatic carbocycles. The van der Waals surface area contributed by atoms with Crippen molar-refractivity contribution < 1.29 is 19.1 Å². The SMILES string of the molecule is CN1C(=O)c2ccccc2[C@@H](C(=O)Nc2nc3ccccc3s2)[C@@H]1c1ccc2c(c1)OCO2. The second-order valence-electron chi connectivity index (χ2n) is 8.01. The van der Waals surface area contributed by atoms with Gasteiger partial charge in [0.2, 0.25) is 12.7 Å². The lowest BCUT2D eigenvalue weighted by Gasteiger charge is -2.39. The Morgan fingerprint density at radius 1 is 1.06 bits per heavy atom. The van der Waals surface area contributed by atoms with E-state index in [-0.39, 0.29) is 18.6 Å². The van der Waals surface area contributed by atoms with Crippen molar-refractivity contribution in [3.63, 3.8) is 0 Å². The van der Waals surface area contributed by atoms with Gasteiger partial charge in [0.15, 0.2) is 16.6 Å². The summed E-state index contributed by atoms with van der Waals surface area (Å²) in [6, 6.07) is 20.1. The highest BCUT2D eigenvalue weighted by atomic mass is 32.1. The first-order chi connectivity index (χ1) is 16.1. The van der Waals surface area contributed by atoms with Gasteiger partial charge in [0.1, 0.15) is 0 Å². The minimum absolute atomic E-state index is 0.127. The molecule has 0 saturated carbocycles. The number of hydrogen-bond acceptors (Lipinski definition) is 6. The second-order valence-corrected chi connectivity index (χ2v) is 9.05. The Bertz CT molecular complexity index is 1380. The molecular weight excluding hydrogens is 438 g/mol. The number of rotatable bonds is 3. The van der Waals surface area contributed by atoms with E-state index in [9.17, 15) is 9.59 Å². The van der Waals surface area contributed by atoms with Gasteiger partial charge in [-0.2, -0.15) is 0 Å². The molecule has 0 unspecified atom stereocenters. The normalized spacial score (nSPS) is 18.9. The van der Waals surface area contributed by atoms with Gasteiger partial charge in [-0.3, -0.25) is 9.59 Å². The molecule has 164 valence electrons. The van der Waals surface area contributed by atoms with Crippen LogP contribution < -0.4 is 14.8 Å². The molecule has 2 amide bonds. The Balaban J connectivity index is 1.44. The van der Waals surface area contributed by atoms with Crippen molar-refractivity contribution in [2.75, 3.05) is 19.2 Å². The molecule has 33 heavy (non-hydrogen) atoms. The summed E-state index contributed by atoms with van der Waals surface area (Å²) in [5.41, 5.74) is 2.86. The molecule has 0 bridgehead atoms. The standard InChI is InChI=1S/C25H19N3O4S/c1-28-22(14-10-11-18-19(12-14)32-13-31-18)21(15-6-2-3-7-16(15)24(28)30)23(29)27-25-26-17-8-4-5-9-20(17)33-25/h2-12,21-22H,13H2,1H3,(H,26,27,29)/t21-,22+/m1/s1. The number of para-hydroxylation sites is 1. The van der Waals surface area contributed by atoms with Crippen LogP contribution in [0.25, 0.3) is 10.2 Å². The maximum absolute atomic E-state index is 13.7. The average Bonchev–Trinajstić information content (AvgIpc) is 3.46. The number of amides is 2. The molecule has 0 fully saturated rings. The quantitative estimate of drug-likeness (QED) is 0.487. The van der Waals surface area contributed by atoms with E-state index in [1.807, 2.05) is 60.7 Å². The smallest absolute Gasteiger partial charge is 0.254 e. The zero-order chi connectivity index (χ0) is 22.5. The van der Waals surface area contributed by atoms with E-state index >= 15 is 0 Å². The fourth-order valence-corrected chi connectivity index (χ4v) is 5.45. The molecule has 0 saturated heterocycles. The number of carbonyl (C=O) groups excluding carboxylic acids is 2. The van der Waals surface area contributed by atoms with Crippen LogP contribution in [0.5, 0.6) is 11.5 Å². The van der Waals surface area contributed by atoms with Gasteiger partial charge in [0.05, 0.1) is 22.2 Å². The van der Waals surface area contributed by atoms with Gasteiger partial charge in [-0.05, 0) is 41.5 Å². The summed E-state index contributed by atoms with van der Waals surface area (Å²) >= 11 is 1.43. The van der Waals surface area contributed by atoms with E-state index in [0.29, 0.717) is 27.8 Å². The number of thiazole rings is 1. The van der Waals surface area contributed by atoms with E-state index in [4.69, 9.17) is 9.47 Å². The first-order valence-corrected chi connectivity index (χ1v) is 11.3. The number of fused-ring (bicyclic) bond motifs is 3. The van der Waals surface area contributed by atoms with Gasteiger partial charge >= 0.3 is 0 Å². The highest BCUT2D eigenvalue weighted by Gasteiger charge is 2.43. The highest BCUT2D eigenvalue weighted by molar-refractivity contribution is 7.22. The molecule has 2 atom stereocenters. The van der Waals surface area contributed by atoms with E-state index in [2.05, 4.69) is 10.3 Å². The van der Waals surface area contributed by atoms with Gasteiger partial charge in [0, 0.05) is 12.6 Å². The third-order valence-corrected chi connectivity index (χ3v) is 7.08. The monoisotopic (exact) mass is 457 g/mol. The summed E-state index contributed by atoms with van der Waals surface area (Å²) in [5.74, 6) is 0.286. The molecular formula is C25H19N3O4S. The lowest BCUT2D eigenvalue weighted by Crippen LogP contribution is -2.44. The molecule has 2 aliphatic rings. The predicted octanol–water partition coefficient (Wildman–Crippen LogP) is 4.57. The summed E-state index contributed by atoms with van der Waals surface area (Å²) < 4.78 is 12.0. The largest absolute Gasteiger partial charge is 0.454 e. The molecule has 0 radical (unpaired) electrons. The number of hydrogen-bond donors (Lipinski definition) is 1. The zero-order valence-corrected chi connectivity index (χ0v) is 18.5. The number of aromatic nitrogens is 1. The molecule has 1 N–H and O–H groups in total. The van der Waals surface area contributed by atoms with E-state index in [1.54, 1.807) is 18.0 Å². The summed E-state index contributed by atoms with van der Waals surface area (Å²) in [7, 11) is 1.73. The number of nitrogens with zero attached hydrogens (tertiary/aromatic N) is 2. The molecule has 6 rings (SSSR count). The Morgan fingerprint density at radius 3 is 2.73 bits per heavy atom. The van der Waals surface area contributed by atoms with Crippen LogP contribution in [-0.2, 0) is 4.79 Å². The van der Waals surface area contributed by atoms with Crippen LogP contribution >= 0.6 is 11.3 Å². The van der Waals surface area contributed by atoms with Crippen molar-refractivity contribution in [2.45, 2.75) is 12.0 Å². The lowest BCUT2D eigenvalue weighted by atomic mass is 9.79. The van der Waals surface area contributed by atoms with E-state index in [1.165, 1.54) is 11.3 Å². The molecule has 3 heterocycles. The van der Waals surface area contributed by atoms with Crippen molar-refractivity contribution in [3.05, 3.63) is 83.4 Å². The van der Waals surface area contributed by atoms with Crippen molar-refractivity contribution in [3.8, 4) is 11.5 Å². The highest BCUT2D eigenvalue weighted by Crippen LogP contribution is 2.45. The van der Waals surface area contributed by atoms with Crippen molar-refractivity contribution >= 4 is 38.5 Å². The third-order valence-electron chi connectivity index (χ3n) is 6.12. The molecule has 0 spiro atoms. The Kier molecular flexibility index (Phi) is 4.55. The first kappa shape index (κ1) is 19.8. The maximum atomic E-state index is 13.7. The van der Waals surface area contributed by atoms with Crippen molar-refractivity contribution in [2.24, 2.45) is 0 Å². The molecule has 3 aromatic carbocycles. The third kappa shape index (κ3) is 3.22. The zero-order valence-electron chi connectivity index (χ0n) is 17.6. The summed E-state index contributed by atoms with van der Waals surface area (Å²) in [4.78, 5) is 33.1. The summed E-state index contributed by atoms with van der Waals surface area (Å²) in [5, 5.41) is 3.53. The number of ether oxygens (including phenoxy) is 2. The van der Waals surface area contributed by atoms with Gasteiger partial charge in [-0.1, -0.05) is 47.7 Å². The number of likely N-dealkylation sites (N-methyl/N-ethyl adjacent to an activating group) is 1. The van der Waals surface area contributed by atoms with Crippen LogP contribution in [-0.4, -0.2) is 35.5 Å². The van der Waals surface area contributed by atoms with Crippen molar-refractivity contribution in [1.29, 1.82) is 0 Å². The van der Waals surface area contributed by atoms with Gasteiger partial charge in [0.25, 0.3) is 5.91 Å². The van der Waals surface area contributed by atoms with Crippen LogP contribution in [0, 0.1) is 0 Å². The lowest BCUT2D eigenvalue weighted by molar-refractivity contribution is -0.119. The van der Waals surface area contributed by atoms with Crippen molar-refractivity contribution in [1.82, 2.24) is 9.88 Å². The fraction of sp³-hybridized carbons (Fsp3) is 0.160. The minimum Gasteiger partial charge on any atom is -0.454 e. The van der Waals surface area contributed by atoms with Crippen LogP contribution in [0.3, 0.4) is 0 Å². The van der Waals surface area contributed by atoms with E-state index < -0.39 is 12.0 Å². The number of anilines is 1. The van der Waals surface area contributed by atoms with Crippen LogP contribution in [0.4, 0.5) is 5.13 Å². The molecule has 8 heteroatoms. The predicted molar refractivity (Wildman–Crippen MR) is 125 cm³/mol. The molecule has 2 aliphatic heterocycles. The number of benzene rings is 3. The Labute approximate surface area is 193 Å². The maximum Gasteiger partial charge on any atom is 0.254 e. The number of nitrogens with one attached hydrogen (secondary N) is 1. The minimum atomic E-state index is -0.628. The number of carbonyl (C=O) groups is 2. The summed E-state index contributed by atoms with van der Waals surface area (Å²) in [6.07, 6.45) is 0. The topological polar surface area (TPSA) is 80.8 Å². The van der Waals surface area contributed by atoms with Gasteiger partial charge in [-0.15, -0.1) is 0 Å². The Hall–Kier alpha value is -3.91. The van der Waals surface area contributed by atoms with Crippen LogP contribution in [0.1, 0.15) is 33.4 Å².